The van der Waals surface area contributed by atoms with E-state index in [2.05, 4.69) is 5.32 Å². The Labute approximate surface area is 113 Å². The van der Waals surface area contributed by atoms with Crippen molar-refractivity contribution in [2.45, 2.75) is 12.5 Å². The van der Waals surface area contributed by atoms with Gasteiger partial charge in [0.05, 0.1) is 11.9 Å². The molecular weight excluding hydrogens is 274 g/mol. The first-order chi connectivity index (χ1) is 8.38. The fraction of sp³-hybridized carbons (Fsp3) is 0.500. The molecule has 0 amide bonds. The SMILES string of the molecule is CS(=O)(=O)CCCNCC(O)c1ccc(Cl)cc1. The molecule has 2 N–H and O–H groups in total. The summed E-state index contributed by atoms with van der Waals surface area (Å²) in [7, 11) is -2.90. The van der Waals surface area contributed by atoms with E-state index in [1.54, 1.807) is 24.3 Å². The molecular formula is C12H18ClNO3S. The first kappa shape index (κ1) is 15.4. The Morgan fingerprint density at radius 1 is 1.33 bits per heavy atom. The number of aliphatic hydroxyl groups excluding tert-OH is 1. The lowest BCUT2D eigenvalue weighted by Crippen LogP contribution is -2.24. The van der Waals surface area contributed by atoms with Gasteiger partial charge in [0.15, 0.2) is 0 Å². The molecule has 0 aliphatic rings. The van der Waals surface area contributed by atoms with Crippen molar-refractivity contribution in [1.29, 1.82) is 0 Å². The molecule has 102 valence electrons. The predicted molar refractivity (Wildman–Crippen MR) is 73.6 cm³/mol. The fourth-order valence-corrected chi connectivity index (χ4v) is 2.30. The zero-order chi connectivity index (χ0) is 13.6. The second-order valence-electron chi connectivity index (χ2n) is 4.25. The molecule has 0 aliphatic heterocycles. The van der Waals surface area contributed by atoms with Crippen LogP contribution in [0.1, 0.15) is 18.1 Å². The number of halogens is 1. The number of rotatable bonds is 7. The maximum Gasteiger partial charge on any atom is 0.147 e. The molecule has 0 bridgehead atoms. The molecule has 6 heteroatoms. The van der Waals surface area contributed by atoms with E-state index >= 15 is 0 Å². The Bertz CT molecular complexity index is 459. The standard InChI is InChI=1S/C12H18ClNO3S/c1-18(16,17)8-2-7-14-9-12(15)10-3-5-11(13)6-4-10/h3-6,12,14-15H,2,7-9H2,1H3. The maximum atomic E-state index is 10.9. The summed E-state index contributed by atoms with van der Waals surface area (Å²) < 4.78 is 21.8. The van der Waals surface area contributed by atoms with Gasteiger partial charge in [0.2, 0.25) is 0 Å². The van der Waals surface area contributed by atoms with Gasteiger partial charge in [-0.1, -0.05) is 23.7 Å². The zero-order valence-corrected chi connectivity index (χ0v) is 11.8. The van der Waals surface area contributed by atoms with Gasteiger partial charge in [-0.3, -0.25) is 0 Å². The topological polar surface area (TPSA) is 66.4 Å². The summed E-state index contributed by atoms with van der Waals surface area (Å²) in [5, 5.41) is 13.5. The van der Waals surface area contributed by atoms with E-state index < -0.39 is 15.9 Å². The molecule has 0 radical (unpaired) electrons. The van der Waals surface area contributed by atoms with Crippen molar-refractivity contribution in [1.82, 2.24) is 5.32 Å². The molecule has 0 spiro atoms. The van der Waals surface area contributed by atoms with Crippen molar-refractivity contribution >= 4 is 21.4 Å². The lowest BCUT2D eigenvalue weighted by Gasteiger charge is -2.12. The van der Waals surface area contributed by atoms with E-state index in [1.807, 2.05) is 0 Å². The third-order valence-corrected chi connectivity index (χ3v) is 3.74. The third kappa shape index (κ3) is 6.35. The first-order valence-electron chi connectivity index (χ1n) is 5.70. The molecule has 0 saturated carbocycles. The third-order valence-electron chi connectivity index (χ3n) is 2.46. The van der Waals surface area contributed by atoms with E-state index in [0.29, 0.717) is 24.5 Å². The lowest BCUT2D eigenvalue weighted by molar-refractivity contribution is 0.175. The molecule has 0 aromatic heterocycles. The zero-order valence-electron chi connectivity index (χ0n) is 10.3. The van der Waals surface area contributed by atoms with Gasteiger partial charge in [0, 0.05) is 17.8 Å². The van der Waals surface area contributed by atoms with Crippen molar-refractivity contribution < 1.29 is 13.5 Å². The molecule has 1 rings (SSSR count). The smallest absolute Gasteiger partial charge is 0.147 e. The molecule has 0 saturated heterocycles. The second kappa shape index (κ2) is 7.09. The predicted octanol–water partition coefficient (Wildman–Crippen LogP) is 1.40. The summed E-state index contributed by atoms with van der Waals surface area (Å²) in [4.78, 5) is 0. The van der Waals surface area contributed by atoms with Gasteiger partial charge in [0.1, 0.15) is 9.84 Å². The van der Waals surface area contributed by atoms with Crippen LogP contribution in [0.4, 0.5) is 0 Å². The summed E-state index contributed by atoms with van der Waals surface area (Å²) in [6.07, 6.45) is 1.15. The van der Waals surface area contributed by atoms with Crippen LogP contribution in [0.25, 0.3) is 0 Å². The molecule has 1 aromatic carbocycles. The molecule has 1 aromatic rings. The van der Waals surface area contributed by atoms with Crippen molar-refractivity contribution in [3.05, 3.63) is 34.9 Å². The highest BCUT2D eigenvalue weighted by Crippen LogP contribution is 2.15. The average molecular weight is 292 g/mol. The fourth-order valence-electron chi connectivity index (χ4n) is 1.50. The van der Waals surface area contributed by atoms with Crippen molar-refractivity contribution in [3.8, 4) is 0 Å². The molecule has 1 unspecified atom stereocenters. The van der Waals surface area contributed by atoms with Crippen LogP contribution in [0.3, 0.4) is 0 Å². The van der Waals surface area contributed by atoms with Gasteiger partial charge < -0.3 is 10.4 Å². The molecule has 0 heterocycles. The van der Waals surface area contributed by atoms with Crippen molar-refractivity contribution in [2.24, 2.45) is 0 Å². The minimum atomic E-state index is -2.90. The van der Waals surface area contributed by atoms with Crippen LogP contribution in [0.2, 0.25) is 5.02 Å². The Morgan fingerprint density at radius 2 is 1.94 bits per heavy atom. The van der Waals surface area contributed by atoms with Crippen LogP contribution in [-0.4, -0.2) is 38.6 Å². The Kier molecular flexibility index (Phi) is 6.08. The van der Waals surface area contributed by atoms with E-state index in [4.69, 9.17) is 11.6 Å². The average Bonchev–Trinajstić information content (AvgIpc) is 2.27. The van der Waals surface area contributed by atoms with Gasteiger partial charge in [-0.2, -0.15) is 0 Å². The van der Waals surface area contributed by atoms with Gasteiger partial charge >= 0.3 is 0 Å². The van der Waals surface area contributed by atoms with Crippen LogP contribution < -0.4 is 5.32 Å². The molecule has 18 heavy (non-hydrogen) atoms. The quantitative estimate of drug-likeness (QED) is 0.745. The minimum Gasteiger partial charge on any atom is -0.387 e. The number of hydrogen-bond acceptors (Lipinski definition) is 4. The molecule has 4 nitrogen and oxygen atoms in total. The monoisotopic (exact) mass is 291 g/mol. The lowest BCUT2D eigenvalue weighted by atomic mass is 10.1. The summed E-state index contributed by atoms with van der Waals surface area (Å²) >= 11 is 5.75. The number of sulfone groups is 1. The summed E-state index contributed by atoms with van der Waals surface area (Å²) in [6.45, 7) is 0.961. The summed E-state index contributed by atoms with van der Waals surface area (Å²) in [6, 6.07) is 6.99. The van der Waals surface area contributed by atoms with Crippen LogP contribution in [0.5, 0.6) is 0 Å². The van der Waals surface area contributed by atoms with Crippen LogP contribution in [0.15, 0.2) is 24.3 Å². The first-order valence-corrected chi connectivity index (χ1v) is 8.14. The largest absolute Gasteiger partial charge is 0.387 e. The van der Waals surface area contributed by atoms with Gasteiger partial charge in [-0.15, -0.1) is 0 Å². The highest BCUT2D eigenvalue weighted by Gasteiger charge is 2.07. The van der Waals surface area contributed by atoms with E-state index in [9.17, 15) is 13.5 Å². The highest BCUT2D eigenvalue weighted by molar-refractivity contribution is 7.90. The van der Waals surface area contributed by atoms with Crippen LogP contribution >= 0.6 is 11.6 Å². The Morgan fingerprint density at radius 3 is 2.50 bits per heavy atom. The van der Waals surface area contributed by atoms with Gasteiger partial charge in [-0.05, 0) is 30.7 Å². The Balaban J connectivity index is 2.25. The van der Waals surface area contributed by atoms with Gasteiger partial charge in [-0.25, -0.2) is 8.42 Å². The number of aliphatic hydroxyl groups is 1. The van der Waals surface area contributed by atoms with E-state index in [-0.39, 0.29) is 5.75 Å². The second-order valence-corrected chi connectivity index (χ2v) is 6.95. The number of hydrogen-bond donors (Lipinski definition) is 2. The molecule has 1 atom stereocenters. The molecule has 0 fully saturated rings. The normalized spacial score (nSPS) is 13.5. The van der Waals surface area contributed by atoms with Gasteiger partial charge in [0.25, 0.3) is 0 Å². The van der Waals surface area contributed by atoms with E-state index in [0.717, 1.165) is 5.56 Å². The van der Waals surface area contributed by atoms with Crippen LogP contribution in [0, 0.1) is 0 Å². The van der Waals surface area contributed by atoms with Crippen molar-refractivity contribution in [2.75, 3.05) is 25.1 Å². The number of nitrogens with one attached hydrogen (secondary N) is 1. The van der Waals surface area contributed by atoms with E-state index in [1.165, 1.54) is 6.26 Å². The highest BCUT2D eigenvalue weighted by atomic mass is 35.5. The van der Waals surface area contributed by atoms with Crippen molar-refractivity contribution in [3.63, 3.8) is 0 Å². The van der Waals surface area contributed by atoms with Crippen LogP contribution in [-0.2, 0) is 9.84 Å². The minimum absolute atomic E-state index is 0.164. The maximum absolute atomic E-state index is 10.9. The number of benzene rings is 1. The summed E-state index contributed by atoms with van der Waals surface area (Å²) in [5.74, 6) is 0.164. The summed E-state index contributed by atoms with van der Waals surface area (Å²) in [5.41, 5.74) is 0.787. The Hall–Kier alpha value is -0.620. The molecule has 0 aliphatic carbocycles.